The van der Waals surface area contributed by atoms with Crippen LogP contribution in [0, 0.1) is 13.8 Å². The molecule has 1 N–H and O–H groups in total. The molecule has 5 rings (SSSR count). The van der Waals surface area contributed by atoms with Gasteiger partial charge >= 0.3 is 0 Å². The predicted octanol–water partition coefficient (Wildman–Crippen LogP) is 5.73. The Morgan fingerprint density at radius 2 is 1.45 bits per heavy atom. The van der Waals surface area contributed by atoms with Crippen molar-refractivity contribution >= 4 is 43.6 Å². The Balaban J connectivity index is 1.95. The molecule has 0 aliphatic heterocycles. The van der Waals surface area contributed by atoms with E-state index in [2.05, 4.69) is 16.1 Å². The highest BCUT2D eigenvalue weighted by Gasteiger charge is 2.14. The van der Waals surface area contributed by atoms with Crippen LogP contribution < -0.4 is 10.9 Å². The number of fused-ring (bicyclic) bond motifs is 4. The highest BCUT2D eigenvalue weighted by molar-refractivity contribution is 6.03. The van der Waals surface area contributed by atoms with Crippen molar-refractivity contribution in [2.75, 3.05) is 0 Å². The summed E-state index contributed by atoms with van der Waals surface area (Å²) in [6.07, 6.45) is 3.71. The van der Waals surface area contributed by atoms with Crippen LogP contribution in [0.4, 0.5) is 0 Å². The standard InChI is InChI=1S/C27H24N2O2/c1-4-5-6-11-29-24-10-8-17(3)13-20(24)27(31)21-14-23-19(15-25(21)29)26(30)18-12-16(2)7-9-22(18)28-23/h4,7-10,12-15H,1,5-6,11H2,2-3H3,(H,28,30). The quantitative estimate of drug-likeness (QED) is 0.234. The van der Waals surface area contributed by atoms with Crippen LogP contribution in [-0.4, -0.2) is 9.55 Å². The van der Waals surface area contributed by atoms with Crippen molar-refractivity contribution in [1.29, 1.82) is 0 Å². The lowest BCUT2D eigenvalue weighted by Crippen LogP contribution is -2.13. The molecular weight excluding hydrogens is 384 g/mol. The lowest BCUT2D eigenvalue weighted by atomic mass is 10.0. The van der Waals surface area contributed by atoms with Crippen LogP contribution >= 0.6 is 0 Å². The number of unbranched alkanes of at least 4 members (excludes halogenated alkanes) is 1. The number of allylic oxidation sites excluding steroid dienone is 1. The largest absolute Gasteiger partial charge is 0.354 e. The molecule has 0 spiro atoms. The highest BCUT2D eigenvalue weighted by Crippen LogP contribution is 2.25. The van der Waals surface area contributed by atoms with Gasteiger partial charge in [-0.15, -0.1) is 6.58 Å². The van der Waals surface area contributed by atoms with Crippen LogP contribution in [0.5, 0.6) is 0 Å². The zero-order chi connectivity index (χ0) is 21.7. The lowest BCUT2D eigenvalue weighted by Gasteiger charge is -2.16. The van der Waals surface area contributed by atoms with Crippen LogP contribution in [0.25, 0.3) is 43.6 Å². The van der Waals surface area contributed by atoms with E-state index in [1.54, 1.807) is 0 Å². The zero-order valence-corrected chi connectivity index (χ0v) is 17.8. The van der Waals surface area contributed by atoms with E-state index in [4.69, 9.17) is 0 Å². The molecule has 0 atom stereocenters. The minimum Gasteiger partial charge on any atom is -0.354 e. The van der Waals surface area contributed by atoms with Crippen LogP contribution in [0.1, 0.15) is 24.0 Å². The number of H-pyrrole nitrogens is 1. The van der Waals surface area contributed by atoms with Gasteiger partial charge in [0.2, 0.25) is 0 Å². The predicted molar refractivity (Wildman–Crippen MR) is 130 cm³/mol. The molecule has 0 saturated carbocycles. The molecule has 5 aromatic rings. The van der Waals surface area contributed by atoms with Gasteiger partial charge in [-0.2, -0.15) is 0 Å². The second-order valence-electron chi connectivity index (χ2n) is 8.35. The first-order valence-corrected chi connectivity index (χ1v) is 10.6. The second kappa shape index (κ2) is 7.24. The number of aromatic amines is 1. The smallest absolute Gasteiger partial charge is 0.197 e. The number of rotatable bonds is 4. The van der Waals surface area contributed by atoms with E-state index >= 15 is 0 Å². The van der Waals surface area contributed by atoms with Gasteiger partial charge in [-0.05, 0) is 63.1 Å². The summed E-state index contributed by atoms with van der Waals surface area (Å²) in [7, 11) is 0. The van der Waals surface area contributed by atoms with E-state index in [1.807, 2.05) is 68.5 Å². The first-order valence-electron chi connectivity index (χ1n) is 10.6. The average Bonchev–Trinajstić information content (AvgIpc) is 2.76. The van der Waals surface area contributed by atoms with Gasteiger partial charge < -0.3 is 9.55 Å². The van der Waals surface area contributed by atoms with E-state index in [0.717, 1.165) is 47.1 Å². The third-order valence-electron chi connectivity index (χ3n) is 6.08. The number of nitrogens with one attached hydrogen (secondary N) is 1. The van der Waals surface area contributed by atoms with Gasteiger partial charge in [-0.25, -0.2) is 0 Å². The molecule has 2 heterocycles. The van der Waals surface area contributed by atoms with Gasteiger partial charge in [-0.1, -0.05) is 29.3 Å². The number of aryl methyl sites for hydroxylation is 3. The first kappa shape index (κ1) is 19.3. The van der Waals surface area contributed by atoms with Gasteiger partial charge in [0.1, 0.15) is 0 Å². The zero-order valence-electron chi connectivity index (χ0n) is 17.8. The van der Waals surface area contributed by atoms with Crippen LogP contribution in [0.3, 0.4) is 0 Å². The van der Waals surface area contributed by atoms with Crippen molar-refractivity contribution < 1.29 is 0 Å². The fraction of sp³-hybridized carbons (Fsp3) is 0.185. The number of hydrogen-bond donors (Lipinski definition) is 1. The minimum absolute atomic E-state index is 0.000391. The summed E-state index contributed by atoms with van der Waals surface area (Å²) in [5.41, 5.74) is 5.26. The summed E-state index contributed by atoms with van der Waals surface area (Å²) >= 11 is 0. The number of benzene rings is 3. The molecule has 0 fully saturated rings. The first-order chi connectivity index (χ1) is 15.0. The Kier molecular flexibility index (Phi) is 4.51. The molecule has 4 nitrogen and oxygen atoms in total. The van der Waals surface area contributed by atoms with E-state index in [9.17, 15) is 9.59 Å². The summed E-state index contributed by atoms with van der Waals surface area (Å²) in [5.74, 6) is 0. The van der Waals surface area contributed by atoms with Crippen molar-refractivity contribution in [2.24, 2.45) is 0 Å². The summed E-state index contributed by atoms with van der Waals surface area (Å²) in [6, 6.07) is 15.6. The fourth-order valence-corrected chi connectivity index (χ4v) is 4.51. The van der Waals surface area contributed by atoms with E-state index in [-0.39, 0.29) is 10.9 Å². The molecule has 0 aliphatic rings. The molecule has 31 heavy (non-hydrogen) atoms. The van der Waals surface area contributed by atoms with E-state index in [0.29, 0.717) is 27.1 Å². The Morgan fingerprint density at radius 3 is 2.23 bits per heavy atom. The molecule has 0 unspecified atom stereocenters. The maximum absolute atomic E-state index is 13.4. The molecule has 0 amide bonds. The van der Waals surface area contributed by atoms with Gasteiger partial charge in [0, 0.05) is 33.6 Å². The molecule has 0 aliphatic carbocycles. The van der Waals surface area contributed by atoms with Crippen molar-refractivity contribution in [3.8, 4) is 0 Å². The molecule has 4 heteroatoms. The third-order valence-corrected chi connectivity index (χ3v) is 6.08. The maximum atomic E-state index is 13.4. The molecule has 2 aromatic heterocycles. The summed E-state index contributed by atoms with van der Waals surface area (Å²) < 4.78 is 2.17. The molecule has 0 radical (unpaired) electrons. The Labute approximate surface area is 179 Å². The number of hydrogen-bond acceptors (Lipinski definition) is 2. The van der Waals surface area contributed by atoms with Crippen LogP contribution in [0.2, 0.25) is 0 Å². The fourth-order valence-electron chi connectivity index (χ4n) is 4.51. The highest BCUT2D eigenvalue weighted by atomic mass is 16.1. The monoisotopic (exact) mass is 408 g/mol. The van der Waals surface area contributed by atoms with Crippen LogP contribution in [0.15, 0.2) is 70.8 Å². The van der Waals surface area contributed by atoms with Crippen LogP contribution in [-0.2, 0) is 6.54 Å². The van der Waals surface area contributed by atoms with Gasteiger partial charge in [0.05, 0.1) is 16.6 Å². The topological polar surface area (TPSA) is 54.9 Å². The van der Waals surface area contributed by atoms with Gasteiger partial charge in [-0.3, -0.25) is 9.59 Å². The number of nitrogens with zero attached hydrogens (tertiary/aromatic N) is 1. The van der Waals surface area contributed by atoms with Gasteiger partial charge in [0.15, 0.2) is 10.9 Å². The van der Waals surface area contributed by atoms with Gasteiger partial charge in [0.25, 0.3) is 0 Å². The molecular formula is C27H24N2O2. The lowest BCUT2D eigenvalue weighted by molar-refractivity contribution is 0.685. The summed E-state index contributed by atoms with van der Waals surface area (Å²) in [4.78, 5) is 30.1. The minimum atomic E-state index is -0.0107. The Morgan fingerprint density at radius 1 is 0.806 bits per heavy atom. The molecule has 3 aromatic carbocycles. The van der Waals surface area contributed by atoms with Crippen molar-refractivity contribution in [2.45, 2.75) is 33.2 Å². The number of aromatic nitrogens is 2. The van der Waals surface area contributed by atoms with Crippen molar-refractivity contribution in [3.63, 3.8) is 0 Å². The molecule has 154 valence electrons. The SMILES string of the molecule is C=CCCCn1c2ccc(C)cc2c(=O)c2cc3[nH]c4ccc(C)cc4c(=O)c3cc21. The Bertz CT molecular complexity index is 1640. The van der Waals surface area contributed by atoms with E-state index < -0.39 is 0 Å². The number of pyridine rings is 2. The van der Waals surface area contributed by atoms with Crippen molar-refractivity contribution in [1.82, 2.24) is 9.55 Å². The molecule has 0 saturated heterocycles. The maximum Gasteiger partial charge on any atom is 0.197 e. The normalized spacial score (nSPS) is 11.7. The van der Waals surface area contributed by atoms with Crippen molar-refractivity contribution in [3.05, 3.63) is 92.8 Å². The molecule has 0 bridgehead atoms. The van der Waals surface area contributed by atoms with E-state index in [1.165, 1.54) is 0 Å². The third kappa shape index (κ3) is 3.07. The second-order valence-corrected chi connectivity index (χ2v) is 8.35. The summed E-state index contributed by atoms with van der Waals surface area (Å²) in [5, 5.41) is 2.62. The average molecular weight is 409 g/mol. The Hall–Kier alpha value is -3.66. The summed E-state index contributed by atoms with van der Waals surface area (Å²) in [6.45, 7) is 8.55.